The van der Waals surface area contributed by atoms with Gasteiger partial charge in [0.2, 0.25) is 11.8 Å². The Kier molecular flexibility index (Phi) is 3.03. The Morgan fingerprint density at radius 1 is 1.25 bits per heavy atom. The SMILES string of the molecule is [2H]C([2H])([2H])Oc1nc(NC2CC(C)(O)C2)nn2ccc(-c3ccc4nccnc4c3)c12. The Morgan fingerprint density at radius 3 is 2.86 bits per heavy atom. The Hall–Kier alpha value is -3.26. The molecule has 1 aliphatic rings. The van der Waals surface area contributed by atoms with E-state index in [2.05, 4.69) is 25.4 Å². The number of hydrogen-bond donors (Lipinski definition) is 2. The number of hydrogen-bond acceptors (Lipinski definition) is 7. The molecule has 3 heterocycles. The molecule has 0 bridgehead atoms. The van der Waals surface area contributed by atoms with Crippen molar-refractivity contribution in [3.05, 3.63) is 42.9 Å². The maximum Gasteiger partial charge on any atom is 0.244 e. The standard InChI is InChI=1S/C20H20N6O2/c1-20(27)10-13(11-20)23-19-24-18(28-2)17-14(5-8-26(17)25-19)12-3-4-15-16(9-12)22-7-6-21-15/h3-9,13,27H,10-11H2,1-2H3,(H,23,25)/i2D3. The van der Waals surface area contributed by atoms with Gasteiger partial charge in [-0.15, -0.1) is 5.10 Å². The second kappa shape index (κ2) is 6.13. The predicted molar refractivity (Wildman–Crippen MR) is 105 cm³/mol. The first-order valence-corrected chi connectivity index (χ1v) is 8.95. The van der Waals surface area contributed by atoms with E-state index < -0.39 is 12.6 Å². The molecule has 5 rings (SSSR count). The van der Waals surface area contributed by atoms with Gasteiger partial charge in [-0.3, -0.25) is 9.97 Å². The van der Waals surface area contributed by atoms with Crippen LogP contribution < -0.4 is 10.1 Å². The van der Waals surface area contributed by atoms with Crippen LogP contribution in [-0.2, 0) is 0 Å². The molecule has 0 aliphatic heterocycles. The molecule has 3 aromatic heterocycles. The van der Waals surface area contributed by atoms with E-state index in [1.165, 1.54) is 0 Å². The van der Waals surface area contributed by atoms with E-state index in [1.54, 1.807) is 30.0 Å². The van der Waals surface area contributed by atoms with Crippen molar-refractivity contribution in [2.24, 2.45) is 0 Å². The highest BCUT2D eigenvalue weighted by Crippen LogP contribution is 2.35. The van der Waals surface area contributed by atoms with Crippen LogP contribution in [0.4, 0.5) is 5.95 Å². The number of aromatic nitrogens is 5. The van der Waals surface area contributed by atoms with Crippen LogP contribution in [0, 0.1) is 0 Å². The summed E-state index contributed by atoms with van der Waals surface area (Å²) in [6, 6.07) is 7.44. The monoisotopic (exact) mass is 379 g/mol. The zero-order valence-corrected chi connectivity index (χ0v) is 15.1. The minimum Gasteiger partial charge on any atom is -0.479 e. The summed E-state index contributed by atoms with van der Waals surface area (Å²) in [5.41, 5.74) is 2.72. The number of nitrogens with zero attached hydrogens (tertiary/aromatic N) is 5. The second-order valence-corrected chi connectivity index (χ2v) is 7.37. The first-order chi connectivity index (χ1) is 14.7. The number of aliphatic hydroxyl groups is 1. The lowest BCUT2D eigenvalue weighted by molar-refractivity contribution is -0.0236. The number of anilines is 1. The molecule has 8 heteroatoms. The minimum absolute atomic E-state index is 0.00200. The highest BCUT2D eigenvalue weighted by molar-refractivity contribution is 5.89. The number of nitrogens with one attached hydrogen (secondary N) is 1. The lowest BCUT2D eigenvalue weighted by atomic mass is 9.77. The number of rotatable bonds is 4. The molecule has 28 heavy (non-hydrogen) atoms. The van der Waals surface area contributed by atoms with Gasteiger partial charge in [-0.1, -0.05) is 6.07 Å². The van der Waals surface area contributed by atoms with E-state index in [1.807, 2.05) is 24.3 Å². The Bertz CT molecular complexity index is 1280. The Morgan fingerprint density at radius 2 is 2.07 bits per heavy atom. The van der Waals surface area contributed by atoms with Crippen LogP contribution in [0.5, 0.6) is 5.88 Å². The van der Waals surface area contributed by atoms with Crippen molar-refractivity contribution in [2.75, 3.05) is 12.4 Å². The summed E-state index contributed by atoms with van der Waals surface area (Å²) in [6.45, 7) is 1.77. The molecule has 1 saturated carbocycles. The van der Waals surface area contributed by atoms with Gasteiger partial charge in [0.1, 0.15) is 5.52 Å². The molecule has 0 radical (unpaired) electrons. The van der Waals surface area contributed by atoms with Gasteiger partial charge in [0.15, 0.2) is 0 Å². The van der Waals surface area contributed by atoms with E-state index >= 15 is 0 Å². The topological polar surface area (TPSA) is 97.5 Å². The van der Waals surface area contributed by atoms with Crippen molar-refractivity contribution in [2.45, 2.75) is 31.4 Å². The zero-order chi connectivity index (χ0) is 21.8. The van der Waals surface area contributed by atoms with Crippen LogP contribution in [0.3, 0.4) is 0 Å². The van der Waals surface area contributed by atoms with Gasteiger partial charge in [-0.05, 0) is 43.5 Å². The fourth-order valence-electron chi connectivity index (χ4n) is 3.77. The van der Waals surface area contributed by atoms with Gasteiger partial charge in [-0.2, -0.15) is 4.98 Å². The number of fused-ring (bicyclic) bond motifs is 2. The third kappa shape index (κ3) is 2.82. The fraction of sp³-hybridized carbons (Fsp3) is 0.300. The van der Waals surface area contributed by atoms with Crippen molar-refractivity contribution in [1.82, 2.24) is 24.6 Å². The first kappa shape index (κ1) is 13.8. The maximum atomic E-state index is 9.95. The molecular formula is C20H20N6O2. The van der Waals surface area contributed by atoms with E-state index in [9.17, 15) is 5.11 Å². The summed E-state index contributed by atoms with van der Waals surface area (Å²) in [5.74, 6) is 0.182. The molecule has 1 aliphatic carbocycles. The third-order valence-electron chi connectivity index (χ3n) is 5.06. The molecule has 4 aromatic rings. The Balaban J connectivity index is 1.59. The molecule has 0 saturated heterocycles. The molecule has 1 aromatic carbocycles. The van der Waals surface area contributed by atoms with Gasteiger partial charge in [0.25, 0.3) is 0 Å². The quantitative estimate of drug-likeness (QED) is 0.562. The van der Waals surface area contributed by atoms with Gasteiger partial charge < -0.3 is 15.2 Å². The van der Waals surface area contributed by atoms with Gasteiger partial charge in [-0.25, -0.2) is 4.52 Å². The van der Waals surface area contributed by atoms with Crippen molar-refractivity contribution in [3.8, 4) is 17.0 Å². The Labute approximate surface area is 165 Å². The molecule has 0 spiro atoms. The van der Waals surface area contributed by atoms with Crippen LogP contribution >= 0.6 is 0 Å². The molecule has 2 N–H and O–H groups in total. The van der Waals surface area contributed by atoms with Gasteiger partial charge >= 0.3 is 0 Å². The number of benzene rings is 1. The van der Waals surface area contributed by atoms with Crippen molar-refractivity contribution in [3.63, 3.8) is 0 Å². The van der Waals surface area contributed by atoms with E-state index in [-0.39, 0.29) is 17.9 Å². The summed E-state index contributed by atoms with van der Waals surface area (Å²) < 4.78 is 29.5. The lowest BCUT2D eigenvalue weighted by Gasteiger charge is -2.41. The molecular weight excluding hydrogens is 356 g/mol. The summed E-state index contributed by atoms with van der Waals surface area (Å²) in [7, 11) is -2.68. The summed E-state index contributed by atoms with van der Waals surface area (Å²) in [5, 5.41) is 17.6. The zero-order valence-electron chi connectivity index (χ0n) is 18.1. The highest BCUT2D eigenvalue weighted by atomic mass is 16.5. The molecule has 142 valence electrons. The lowest BCUT2D eigenvalue weighted by Crippen LogP contribution is -2.48. The maximum absolute atomic E-state index is 9.95. The molecule has 0 atom stereocenters. The second-order valence-electron chi connectivity index (χ2n) is 7.37. The third-order valence-corrected chi connectivity index (χ3v) is 5.06. The highest BCUT2D eigenvalue weighted by Gasteiger charge is 2.38. The van der Waals surface area contributed by atoms with E-state index in [4.69, 9.17) is 8.85 Å². The summed E-state index contributed by atoms with van der Waals surface area (Å²) in [4.78, 5) is 13.0. The minimum atomic E-state index is -2.68. The summed E-state index contributed by atoms with van der Waals surface area (Å²) >= 11 is 0. The smallest absolute Gasteiger partial charge is 0.244 e. The average molecular weight is 379 g/mol. The van der Waals surface area contributed by atoms with Crippen LogP contribution in [-0.4, -0.2) is 48.4 Å². The van der Waals surface area contributed by atoms with Crippen LogP contribution in [0.25, 0.3) is 27.7 Å². The molecule has 0 unspecified atom stereocenters. The molecule has 8 nitrogen and oxygen atoms in total. The normalized spacial score (nSPS) is 23.6. The number of methoxy groups -OCH3 is 1. The first-order valence-electron chi connectivity index (χ1n) is 10.5. The van der Waals surface area contributed by atoms with Crippen molar-refractivity contribution in [1.29, 1.82) is 0 Å². The molecule has 0 amide bonds. The van der Waals surface area contributed by atoms with Gasteiger partial charge in [0.05, 0.1) is 27.8 Å². The van der Waals surface area contributed by atoms with E-state index in [0.717, 1.165) is 11.1 Å². The summed E-state index contributed by atoms with van der Waals surface area (Å²) in [6.07, 6.45) is 6.08. The van der Waals surface area contributed by atoms with Crippen LogP contribution in [0.2, 0.25) is 0 Å². The molecule has 1 fully saturated rings. The van der Waals surface area contributed by atoms with Crippen LogP contribution in [0.1, 0.15) is 23.9 Å². The average Bonchev–Trinajstić information content (AvgIpc) is 3.09. The van der Waals surface area contributed by atoms with Crippen molar-refractivity contribution < 1.29 is 14.0 Å². The predicted octanol–water partition coefficient (Wildman–Crippen LogP) is 2.67. The fourth-order valence-corrected chi connectivity index (χ4v) is 3.77. The largest absolute Gasteiger partial charge is 0.479 e. The number of ether oxygens (including phenoxy) is 1. The van der Waals surface area contributed by atoms with Crippen molar-refractivity contribution >= 4 is 22.5 Å². The van der Waals surface area contributed by atoms with Gasteiger partial charge in [0, 0.05) is 30.2 Å². The van der Waals surface area contributed by atoms with E-state index in [0.29, 0.717) is 29.4 Å². The van der Waals surface area contributed by atoms with Crippen LogP contribution in [0.15, 0.2) is 42.9 Å².